The Labute approximate surface area is 131 Å². The maximum absolute atomic E-state index is 5.59. The molecule has 2 aromatic rings. The molecule has 1 aromatic heterocycles. The molecule has 0 aliphatic carbocycles. The van der Waals surface area contributed by atoms with E-state index in [4.69, 9.17) is 4.74 Å². The van der Waals surface area contributed by atoms with E-state index in [0.29, 0.717) is 6.04 Å². The first-order valence-electron chi connectivity index (χ1n) is 7.86. The van der Waals surface area contributed by atoms with E-state index in [9.17, 15) is 0 Å². The van der Waals surface area contributed by atoms with Crippen molar-refractivity contribution >= 4 is 11.3 Å². The summed E-state index contributed by atoms with van der Waals surface area (Å²) in [7, 11) is 0. The van der Waals surface area contributed by atoms with Gasteiger partial charge in [-0.3, -0.25) is 0 Å². The van der Waals surface area contributed by atoms with Crippen LogP contribution in [0.25, 0.3) is 0 Å². The summed E-state index contributed by atoms with van der Waals surface area (Å²) in [5.41, 5.74) is 2.74. The largest absolute Gasteiger partial charge is 0.493 e. The number of aryl methyl sites for hydroxylation is 1. The molecule has 1 aliphatic rings. The predicted molar refractivity (Wildman–Crippen MR) is 89.2 cm³/mol. The second-order valence-electron chi connectivity index (χ2n) is 5.53. The highest BCUT2D eigenvalue weighted by Gasteiger charge is 2.16. The first-order valence-corrected chi connectivity index (χ1v) is 8.68. The van der Waals surface area contributed by atoms with E-state index < -0.39 is 0 Å². The summed E-state index contributed by atoms with van der Waals surface area (Å²) in [6.45, 7) is 6.24. The Morgan fingerprint density at radius 1 is 1.19 bits per heavy atom. The third kappa shape index (κ3) is 3.30. The molecule has 1 aliphatic heterocycles. The molecule has 1 aromatic carbocycles. The molecule has 0 amide bonds. The minimum atomic E-state index is 0.420. The van der Waals surface area contributed by atoms with Gasteiger partial charge in [0, 0.05) is 28.8 Å². The maximum Gasteiger partial charge on any atom is 0.122 e. The highest BCUT2D eigenvalue weighted by Crippen LogP contribution is 2.29. The van der Waals surface area contributed by atoms with Crippen molar-refractivity contribution in [1.82, 2.24) is 5.32 Å². The molecule has 0 fully saturated rings. The summed E-state index contributed by atoms with van der Waals surface area (Å²) in [6, 6.07) is 11.6. The van der Waals surface area contributed by atoms with Gasteiger partial charge in [0.1, 0.15) is 5.75 Å². The molecule has 1 atom stereocenters. The molecular formula is C18H23NOS. The molecule has 0 bridgehead atoms. The standard InChI is InChI=1S/C18H23NOS/c1-3-15-6-7-16(21-15)12-19-17(4-2)13-5-8-18-14(11-13)9-10-20-18/h5-8,11,17,19H,3-4,9-10,12H2,1-2H3. The third-order valence-electron chi connectivity index (χ3n) is 4.11. The number of thiophene rings is 1. The Balaban J connectivity index is 1.67. The van der Waals surface area contributed by atoms with Crippen LogP contribution in [0.3, 0.4) is 0 Å². The van der Waals surface area contributed by atoms with E-state index >= 15 is 0 Å². The van der Waals surface area contributed by atoms with Gasteiger partial charge >= 0.3 is 0 Å². The third-order valence-corrected chi connectivity index (χ3v) is 5.34. The predicted octanol–water partition coefficient (Wildman–Crippen LogP) is 4.49. The van der Waals surface area contributed by atoms with Crippen molar-refractivity contribution in [3.8, 4) is 5.75 Å². The zero-order valence-electron chi connectivity index (χ0n) is 12.8. The van der Waals surface area contributed by atoms with Crippen molar-refractivity contribution in [2.45, 2.75) is 45.7 Å². The lowest BCUT2D eigenvalue weighted by molar-refractivity contribution is 0.356. The molecular weight excluding hydrogens is 278 g/mol. The van der Waals surface area contributed by atoms with Crippen LogP contribution in [0.4, 0.5) is 0 Å². The van der Waals surface area contributed by atoms with Crippen LogP contribution in [0.2, 0.25) is 0 Å². The zero-order valence-corrected chi connectivity index (χ0v) is 13.6. The summed E-state index contributed by atoms with van der Waals surface area (Å²) in [6.07, 6.45) is 3.28. The number of rotatable bonds is 6. The van der Waals surface area contributed by atoms with Crippen LogP contribution in [0.1, 0.15) is 47.2 Å². The van der Waals surface area contributed by atoms with Crippen LogP contribution >= 0.6 is 11.3 Å². The number of hydrogen-bond acceptors (Lipinski definition) is 3. The smallest absolute Gasteiger partial charge is 0.122 e. The van der Waals surface area contributed by atoms with Crippen LogP contribution in [-0.2, 0) is 19.4 Å². The Bertz CT molecular complexity index is 605. The van der Waals surface area contributed by atoms with Crippen molar-refractivity contribution in [2.75, 3.05) is 6.61 Å². The Hall–Kier alpha value is -1.32. The molecule has 3 heteroatoms. The minimum Gasteiger partial charge on any atom is -0.493 e. The van der Waals surface area contributed by atoms with E-state index in [1.54, 1.807) is 0 Å². The van der Waals surface area contributed by atoms with Gasteiger partial charge in [-0.05, 0) is 42.2 Å². The van der Waals surface area contributed by atoms with Gasteiger partial charge in [0.15, 0.2) is 0 Å². The van der Waals surface area contributed by atoms with Gasteiger partial charge in [0.25, 0.3) is 0 Å². The fraction of sp³-hybridized carbons (Fsp3) is 0.444. The number of ether oxygens (including phenoxy) is 1. The lowest BCUT2D eigenvalue weighted by Crippen LogP contribution is -2.19. The van der Waals surface area contributed by atoms with Gasteiger partial charge in [-0.2, -0.15) is 0 Å². The molecule has 0 radical (unpaired) electrons. The second-order valence-corrected chi connectivity index (χ2v) is 6.78. The molecule has 3 rings (SSSR count). The lowest BCUT2D eigenvalue weighted by atomic mass is 10.0. The zero-order chi connectivity index (χ0) is 14.7. The quantitative estimate of drug-likeness (QED) is 0.849. The van der Waals surface area contributed by atoms with Crippen molar-refractivity contribution < 1.29 is 4.74 Å². The van der Waals surface area contributed by atoms with E-state index in [1.165, 1.54) is 20.9 Å². The van der Waals surface area contributed by atoms with Gasteiger partial charge in [-0.25, -0.2) is 0 Å². The van der Waals surface area contributed by atoms with Crippen LogP contribution in [-0.4, -0.2) is 6.61 Å². The molecule has 0 saturated heterocycles. The second kappa shape index (κ2) is 6.63. The summed E-state index contributed by atoms with van der Waals surface area (Å²) in [5.74, 6) is 1.07. The fourth-order valence-corrected chi connectivity index (χ4v) is 3.76. The first kappa shape index (κ1) is 14.6. The number of benzene rings is 1. The molecule has 1 unspecified atom stereocenters. The van der Waals surface area contributed by atoms with E-state index in [-0.39, 0.29) is 0 Å². The van der Waals surface area contributed by atoms with Crippen LogP contribution in [0, 0.1) is 0 Å². The molecule has 2 nitrogen and oxygen atoms in total. The van der Waals surface area contributed by atoms with E-state index in [1.807, 2.05) is 11.3 Å². The monoisotopic (exact) mass is 301 g/mol. The maximum atomic E-state index is 5.59. The molecule has 1 N–H and O–H groups in total. The number of nitrogens with one attached hydrogen (secondary N) is 1. The normalized spacial score (nSPS) is 14.8. The average molecular weight is 301 g/mol. The summed E-state index contributed by atoms with van der Waals surface area (Å²) >= 11 is 1.92. The lowest BCUT2D eigenvalue weighted by Gasteiger charge is -2.17. The van der Waals surface area contributed by atoms with Crippen molar-refractivity contribution in [2.24, 2.45) is 0 Å². The summed E-state index contributed by atoms with van der Waals surface area (Å²) < 4.78 is 5.59. The van der Waals surface area contributed by atoms with Gasteiger partial charge in [0.2, 0.25) is 0 Å². The number of hydrogen-bond donors (Lipinski definition) is 1. The Morgan fingerprint density at radius 2 is 2.05 bits per heavy atom. The van der Waals surface area contributed by atoms with Gasteiger partial charge in [0.05, 0.1) is 6.61 Å². The Kier molecular flexibility index (Phi) is 4.61. The highest BCUT2D eigenvalue weighted by atomic mass is 32.1. The highest BCUT2D eigenvalue weighted by molar-refractivity contribution is 7.11. The molecule has 0 spiro atoms. The van der Waals surface area contributed by atoms with E-state index in [0.717, 1.165) is 38.2 Å². The average Bonchev–Trinajstić information content (AvgIpc) is 3.16. The van der Waals surface area contributed by atoms with Crippen molar-refractivity contribution in [3.63, 3.8) is 0 Å². The SMILES string of the molecule is CCc1ccc(CNC(CC)c2ccc3c(c2)CCO3)s1. The van der Waals surface area contributed by atoms with Crippen molar-refractivity contribution in [3.05, 3.63) is 51.2 Å². The van der Waals surface area contributed by atoms with Crippen LogP contribution < -0.4 is 10.1 Å². The van der Waals surface area contributed by atoms with E-state index in [2.05, 4.69) is 49.5 Å². The molecule has 21 heavy (non-hydrogen) atoms. The first-order chi connectivity index (χ1) is 10.3. The topological polar surface area (TPSA) is 21.3 Å². The molecule has 2 heterocycles. The summed E-state index contributed by atoms with van der Waals surface area (Å²) in [5, 5.41) is 3.70. The van der Waals surface area contributed by atoms with Crippen LogP contribution in [0.15, 0.2) is 30.3 Å². The minimum absolute atomic E-state index is 0.420. The Morgan fingerprint density at radius 3 is 2.81 bits per heavy atom. The van der Waals surface area contributed by atoms with Gasteiger partial charge < -0.3 is 10.1 Å². The van der Waals surface area contributed by atoms with Gasteiger partial charge in [-0.15, -0.1) is 11.3 Å². The molecule has 0 saturated carbocycles. The number of fused-ring (bicyclic) bond motifs is 1. The molecule has 112 valence electrons. The van der Waals surface area contributed by atoms with Crippen LogP contribution in [0.5, 0.6) is 5.75 Å². The summed E-state index contributed by atoms with van der Waals surface area (Å²) in [4.78, 5) is 2.89. The van der Waals surface area contributed by atoms with Gasteiger partial charge in [-0.1, -0.05) is 26.0 Å². The van der Waals surface area contributed by atoms with Crippen molar-refractivity contribution in [1.29, 1.82) is 0 Å². The fourth-order valence-electron chi connectivity index (χ4n) is 2.85.